The second kappa shape index (κ2) is 4.18. The fraction of sp³-hybridized carbons (Fsp3) is 0.417. The Kier molecular flexibility index (Phi) is 3.08. The lowest BCUT2D eigenvalue weighted by molar-refractivity contribution is 0.0981. The summed E-state index contributed by atoms with van der Waals surface area (Å²) >= 11 is 7.56. The third kappa shape index (κ3) is 2.21. The zero-order valence-corrected chi connectivity index (χ0v) is 10.2. The number of rotatable bonds is 4. The van der Waals surface area contributed by atoms with Crippen molar-refractivity contribution in [1.82, 2.24) is 0 Å². The largest absolute Gasteiger partial charge is 0.293 e. The minimum absolute atomic E-state index is 0.109. The van der Waals surface area contributed by atoms with Crippen LogP contribution in [-0.2, 0) is 0 Å². The Balaban J connectivity index is 2.18. The van der Waals surface area contributed by atoms with E-state index < -0.39 is 0 Å². The molecule has 0 aromatic heterocycles. The molecule has 1 fully saturated rings. The van der Waals surface area contributed by atoms with Gasteiger partial charge in [-0.25, -0.2) is 0 Å². The molecule has 1 saturated carbocycles. The van der Waals surface area contributed by atoms with E-state index in [0.717, 1.165) is 24.2 Å². The summed E-state index contributed by atoms with van der Waals surface area (Å²) in [6.45, 7) is 2.10. The Morgan fingerprint density at radius 1 is 1.40 bits per heavy atom. The summed E-state index contributed by atoms with van der Waals surface area (Å²) in [5, 5.41) is 0.680. The van der Waals surface area contributed by atoms with Gasteiger partial charge in [0, 0.05) is 10.6 Å². The average molecular weight is 241 g/mol. The summed E-state index contributed by atoms with van der Waals surface area (Å²) < 4.78 is -0.109. The summed E-state index contributed by atoms with van der Waals surface area (Å²) in [5.41, 5.74) is 0.790. The first kappa shape index (κ1) is 11.0. The van der Waals surface area contributed by atoms with Crippen molar-refractivity contribution in [2.75, 3.05) is 5.75 Å². The maximum absolute atomic E-state index is 12.2. The van der Waals surface area contributed by atoms with Crippen molar-refractivity contribution < 1.29 is 4.79 Å². The molecule has 0 heterocycles. The van der Waals surface area contributed by atoms with Crippen molar-refractivity contribution in [1.29, 1.82) is 0 Å². The van der Waals surface area contributed by atoms with Crippen LogP contribution in [0.15, 0.2) is 24.3 Å². The van der Waals surface area contributed by atoms with Gasteiger partial charge in [-0.3, -0.25) is 4.79 Å². The first-order chi connectivity index (χ1) is 7.18. The third-order valence-electron chi connectivity index (χ3n) is 2.64. The lowest BCUT2D eigenvalue weighted by atomic mass is 10.1. The summed E-state index contributed by atoms with van der Waals surface area (Å²) in [6.07, 6.45) is 2.04. The molecule has 1 aliphatic rings. The highest BCUT2D eigenvalue weighted by atomic mass is 35.5. The van der Waals surface area contributed by atoms with Crippen LogP contribution in [0.2, 0.25) is 5.02 Å². The van der Waals surface area contributed by atoms with Gasteiger partial charge in [0.1, 0.15) is 0 Å². The normalized spacial score (nSPS) is 17.5. The minimum Gasteiger partial charge on any atom is -0.293 e. The van der Waals surface area contributed by atoms with E-state index in [2.05, 4.69) is 6.92 Å². The van der Waals surface area contributed by atoms with Crippen molar-refractivity contribution in [3.8, 4) is 0 Å². The number of benzene rings is 1. The van der Waals surface area contributed by atoms with E-state index in [-0.39, 0.29) is 10.5 Å². The molecular formula is C12H13ClOS. The predicted octanol–water partition coefficient (Wildman–Crippen LogP) is 3.81. The molecule has 1 aromatic carbocycles. The predicted molar refractivity (Wildman–Crippen MR) is 65.9 cm³/mol. The summed E-state index contributed by atoms with van der Waals surface area (Å²) in [7, 11) is 0. The van der Waals surface area contributed by atoms with Gasteiger partial charge < -0.3 is 0 Å². The number of ketones is 1. The Hall–Kier alpha value is -0.470. The first-order valence-electron chi connectivity index (χ1n) is 5.12. The van der Waals surface area contributed by atoms with Crippen LogP contribution in [0.3, 0.4) is 0 Å². The van der Waals surface area contributed by atoms with Gasteiger partial charge in [0.15, 0.2) is 5.78 Å². The molecule has 1 aliphatic carbocycles. The summed E-state index contributed by atoms with van der Waals surface area (Å²) in [4.78, 5) is 12.2. The standard InChI is InChI=1S/C12H13ClOS/c1-2-15-12(7-8-12)11(14)9-3-5-10(13)6-4-9/h3-6H,2,7-8H2,1H3. The van der Waals surface area contributed by atoms with Gasteiger partial charge in [-0.2, -0.15) is 0 Å². The van der Waals surface area contributed by atoms with Gasteiger partial charge in [0.05, 0.1) is 4.75 Å². The van der Waals surface area contributed by atoms with Crippen molar-refractivity contribution in [2.45, 2.75) is 24.5 Å². The highest BCUT2D eigenvalue weighted by Gasteiger charge is 2.49. The van der Waals surface area contributed by atoms with Gasteiger partial charge in [0.25, 0.3) is 0 Å². The molecule has 0 N–H and O–H groups in total. The highest BCUT2D eigenvalue weighted by Crippen LogP contribution is 2.50. The molecule has 0 saturated heterocycles. The molecule has 3 heteroatoms. The van der Waals surface area contributed by atoms with Crippen LogP contribution >= 0.6 is 23.4 Å². The number of hydrogen-bond donors (Lipinski definition) is 0. The molecule has 0 aliphatic heterocycles. The smallest absolute Gasteiger partial charge is 0.178 e. The van der Waals surface area contributed by atoms with Crippen LogP contribution in [0.1, 0.15) is 30.1 Å². The van der Waals surface area contributed by atoms with Gasteiger partial charge >= 0.3 is 0 Å². The highest BCUT2D eigenvalue weighted by molar-refractivity contribution is 8.01. The number of carbonyl (C=O) groups is 1. The molecule has 0 atom stereocenters. The average Bonchev–Trinajstić information content (AvgIpc) is 3.00. The van der Waals surface area contributed by atoms with Crippen molar-refractivity contribution in [3.05, 3.63) is 34.9 Å². The van der Waals surface area contributed by atoms with E-state index in [1.807, 2.05) is 12.1 Å². The van der Waals surface area contributed by atoms with E-state index in [9.17, 15) is 4.79 Å². The SMILES string of the molecule is CCSC1(C(=O)c2ccc(Cl)cc2)CC1. The third-order valence-corrected chi connectivity index (χ3v) is 4.33. The van der Waals surface area contributed by atoms with Gasteiger partial charge in [-0.15, -0.1) is 11.8 Å². The van der Waals surface area contributed by atoms with Crippen LogP contribution in [-0.4, -0.2) is 16.3 Å². The van der Waals surface area contributed by atoms with Gasteiger partial charge in [0.2, 0.25) is 0 Å². The van der Waals surface area contributed by atoms with E-state index in [0.29, 0.717) is 5.02 Å². The lowest BCUT2D eigenvalue weighted by Gasteiger charge is -2.12. The second-order valence-corrected chi connectivity index (χ2v) is 5.85. The van der Waals surface area contributed by atoms with Crippen molar-refractivity contribution in [3.63, 3.8) is 0 Å². The number of hydrogen-bond acceptors (Lipinski definition) is 2. The summed E-state index contributed by atoms with van der Waals surface area (Å²) in [5.74, 6) is 1.27. The lowest BCUT2D eigenvalue weighted by Crippen LogP contribution is -2.19. The van der Waals surface area contributed by atoms with E-state index in [1.54, 1.807) is 23.9 Å². The monoisotopic (exact) mass is 240 g/mol. The zero-order chi connectivity index (χ0) is 10.9. The van der Waals surface area contributed by atoms with Crippen LogP contribution in [0.25, 0.3) is 0 Å². The van der Waals surface area contributed by atoms with E-state index >= 15 is 0 Å². The van der Waals surface area contributed by atoms with Gasteiger partial charge in [-0.1, -0.05) is 18.5 Å². The first-order valence-corrected chi connectivity index (χ1v) is 6.49. The van der Waals surface area contributed by atoms with Crippen LogP contribution in [0, 0.1) is 0 Å². The molecule has 0 amide bonds. The molecule has 15 heavy (non-hydrogen) atoms. The molecule has 0 radical (unpaired) electrons. The molecular weight excluding hydrogens is 228 g/mol. The Bertz CT molecular complexity index is 368. The topological polar surface area (TPSA) is 17.1 Å². The maximum Gasteiger partial charge on any atom is 0.178 e. The van der Waals surface area contributed by atoms with E-state index in [1.165, 1.54) is 0 Å². The fourth-order valence-electron chi connectivity index (χ4n) is 1.69. The fourth-order valence-corrected chi connectivity index (χ4v) is 3.01. The number of thioether (sulfide) groups is 1. The summed E-state index contributed by atoms with van der Waals surface area (Å²) in [6, 6.07) is 7.20. The Labute approximate surface area is 99.2 Å². The van der Waals surface area contributed by atoms with Crippen LogP contribution in [0.5, 0.6) is 0 Å². The molecule has 80 valence electrons. The molecule has 1 aromatic rings. The quantitative estimate of drug-likeness (QED) is 0.745. The molecule has 0 unspecified atom stereocenters. The van der Waals surface area contributed by atoms with E-state index in [4.69, 9.17) is 11.6 Å². The maximum atomic E-state index is 12.2. The van der Waals surface area contributed by atoms with Crippen molar-refractivity contribution >= 4 is 29.1 Å². The number of carbonyl (C=O) groups excluding carboxylic acids is 1. The number of Topliss-reactive ketones (excluding diaryl/α,β-unsaturated/α-hetero) is 1. The second-order valence-electron chi connectivity index (χ2n) is 3.76. The van der Waals surface area contributed by atoms with Gasteiger partial charge in [-0.05, 0) is 42.9 Å². The van der Waals surface area contributed by atoms with Crippen LogP contribution in [0.4, 0.5) is 0 Å². The number of halogens is 1. The Morgan fingerprint density at radius 2 is 2.00 bits per heavy atom. The Morgan fingerprint density at radius 3 is 2.47 bits per heavy atom. The molecule has 0 bridgehead atoms. The van der Waals surface area contributed by atoms with Crippen molar-refractivity contribution in [2.24, 2.45) is 0 Å². The zero-order valence-electron chi connectivity index (χ0n) is 8.63. The molecule has 1 nitrogen and oxygen atoms in total. The molecule has 2 rings (SSSR count). The molecule has 0 spiro atoms. The van der Waals surface area contributed by atoms with Crippen LogP contribution < -0.4 is 0 Å². The minimum atomic E-state index is -0.109.